The van der Waals surface area contributed by atoms with Gasteiger partial charge in [-0.15, -0.1) is 12.4 Å². The lowest BCUT2D eigenvalue weighted by molar-refractivity contribution is -0.179. The van der Waals surface area contributed by atoms with E-state index in [-0.39, 0.29) is 25.2 Å². The molecule has 3 nitrogen and oxygen atoms in total. The second-order valence-corrected chi connectivity index (χ2v) is 4.66. The highest BCUT2D eigenvalue weighted by atomic mass is 35.5. The Morgan fingerprint density at radius 1 is 1.29 bits per heavy atom. The van der Waals surface area contributed by atoms with Crippen molar-refractivity contribution in [3.8, 4) is 0 Å². The topological polar surface area (TPSA) is 29.0 Å². The molecule has 17 heavy (non-hydrogen) atoms. The van der Waals surface area contributed by atoms with Crippen LogP contribution >= 0.6 is 23.9 Å². The molecule has 1 aromatic rings. The van der Waals surface area contributed by atoms with Crippen molar-refractivity contribution in [3.63, 3.8) is 0 Å². The van der Waals surface area contributed by atoms with E-state index in [4.69, 9.17) is 0 Å². The third-order valence-corrected chi connectivity index (χ3v) is 3.61. The predicted octanol–water partition coefficient (Wildman–Crippen LogP) is 3.05. The summed E-state index contributed by atoms with van der Waals surface area (Å²) in [6.45, 7) is 2.61. The lowest BCUT2D eigenvalue weighted by Crippen LogP contribution is -2.38. The van der Waals surface area contributed by atoms with E-state index in [1.54, 1.807) is 6.92 Å². The minimum atomic E-state index is -4.05. The summed E-state index contributed by atoms with van der Waals surface area (Å²) in [6, 6.07) is 0. The van der Waals surface area contributed by atoms with Crippen molar-refractivity contribution in [2.45, 2.75) is 25.9 Å². The summed E-state index contributed by atoms with van der Waals surface area (Å²) < 4.78 is 41.3. The van der Waals surface area contributed by atoms with Crippen LogP contribution in [0.5, 0.6) is 0 Å². The van der Waals surface area contributed by atoms with Crippen LogP contribution in [0.15, 0.2) is 0 Å². The number of aryl methyl sites for hydroxylation is 1. The van der Waals surface area contributed by atoms with Gasteiger partial charge >= 0.3 is 6.18 Å². The molecule has 2 heterocycles. The van der Waals surface area contributed by atoms with Crippen LogP contribution in [0.3, 0.4) is 0 Å². The zero-order valence-corrected chi connectivity index (χ0v) is 10.8. The number of aromatic nitrogens is 2. The minimum Gasteiger partial charge on any atom is -0.347 e. The number of hydrogen-bond donors (Lipinski definition) is 0. The maximum atomic E-state index is 12.4. The third kappa shape index (κ3) is 3.45. The molecule has 1 fully saturated rings. The van der Waals surface area contributed by atoms with E-state index >= 15 is 0 Å². The summed E-state index contributed by atoms with van der Waals surface area (Å²) in [5.41, 5.74) is 0. The monoisotopic (exact) mass is 287 g/mol. The fourth-order valence-corrected chi connectivity index (χ4v) is 2.54. The molecule has 98 valence electrons. The van der Waals surface area contributed by atoms with Crippen molar-refractivity contribution in [1.29, 1.82) is 0 Å². The Morgan fingerprint density at radius 2 is 1.88 bits per heavy atom. The van der Waals surface area contributed by atoms with Crippen molar-refractivity contribution in [3.05, 3.63) is 5.82 Å². The Morgan fingerprint density at radius 3 is 2.29 bits per heavy atom. The first-order valence-electron chi connectivity index (χ1n) is 5.09. The summed E-state index contributed by atoms with van der Waals surface area (Å²) in [6.07, 6.45) is -3.74. The van der Waals surface area contributed by atoms with Gasteiger partial charge in [0, 0.05) is 24.6 Å². The molecule has 1 saturated heterocycles. The van der Waals surface area contributed by atoms with E-state index in [1.165, 1.54) is 11.5 Å². The van der Waals surface area contributed by atoms with Crippen LogP contribution in [-0.2, 0) is 0 Å². The maximum Gasteiger partial charge on any atom is 0.391 e. The van der Waals surface area contributed by atoms with Gasteiger partial charge in [-0.3, -0.25) is 0 Å². The number of hydrogen-bond acceptors (Lipinski definition) is 4. The van der Waals surface area contributed by atoms with E-state index in [2.05, 4.69) is 9.36 Å². The van der Waals surface area contributed by atoms with Gasteiger partial charge in [0.2, 0.25) is 5.13 Å². The normalized spacial score (nSPS) is 18.0. The first-order valence-corrected chi connectivity index (χ1v) is 5.86. The van der Waals surface area contributed by atoms with Gasteiger partial charge < -0.3 is 4.90 Å². The van der Waals surface area contributed by atoms with Crippen LogP contribution in [-0.4, -0.2) is 28.6 Å². The molecular weight excluding hydrogens is 275 g/mol. The quantitative estimate of drug-likeness (QED) is 0.795. The number of anilines is 1. The second kappa shape index (κ2) is 5.39. The van der Waals surface area contributed by atoms with Gasteiger partial charge in [-0.1, -0.05) is 0 Å². The zero-order valence-electron chi connectivity index (χ0n) is 9.20. The maximum absolute atomic E-state index is 12.4. The van der Waals surface area contributed by atoms with Gasteiger partial charge in [0.1, 0.15) is 5.82 Å². The molecule has 0 amide bonds. The Labute approximate surface area is 108 Å². The summed E-state index contributed by atoms with van der Waals surface area (Å²) in [7, 11) is 0. The van der Waals surface area contributed by atoms with Crippen molar-refractivity contribution >= 4 is 29.1 Å². The smallest absolute Gasteiger partial charge is 0.347 e. The van der Waals surface area contributed by atoms with E-state index < -0.39 is 12.1 Å². The van der Waals surface area contributed by atoms with Gasteiger partial charge in [0.05, 0.1) is 5.92 Å². The summed E-state index contributed by atoms with van der Waals surface area (Å²) in [5.74, 6) is -0.476. The second-order valence-electron chi connectivity index (χ2n) is 3.93. The highest BCUT2D eigenvalue weighted by molar-refractivity contribution is 7.09. The van der Waals surface area contributed by atoms with Crippen LogP contribution in [0, 0.1) is 12.8 Å². The van der Waals surface area contributed by atoms with E-state index in [0.717, 1.165) is 5.13 Å². The molecule has 1 aromatic heterocycles. The SMILES string of the molecule is Cc1nsc(N2CCC(C(F)(F)F)CC2)n1.Cl. The lowest BCUT2D eigenvalue weighted by Gasteiger charge is -2.32. The molecule has 0 atom stereocenters. The predicted molar refractivity (Wildman–Crippen MR) is 62.9 cm³/mol. The molecule has 0 aromatic carbocycles. The molecule has 0 bridgehead atoms. The van der Waals surface area contributed by atoms with Crippen molar-refractivity contribution in [1.82, 2.24) is 9.36 Å². The van der Waals surface area contributed by atoms with Crippen LogP contribution in [0.25, 0.3) is 0 Å². The summed E-state index contributed by atoms with van der Waals surface area (Å²) >= 11 is 1.25. The molecular formula is C9H13ClF3N3S. The fourth-order valence-electron chi connectivity index (χ4n) is 1.81. The summed E-state index contributed by atoms with van der Waals surface area (Å²) in [5, 5.41) is 0.734. The highest BCUT2D eigenvalue weighted by Crippen LogP contribution is 2.35. The van der Waals surface area contributed by atoms with Gasteiger partial charge in [-0.2, -0.15) is 17.5 Å². The van der Waals surface area contributed by atoms with Crippen molar-refractivity contribution < 1.29 is 13.2 Å². The number of rotatable bonds is 1. The number of halogens is 4. The molecule has 0 unspecified atom stereocenters. The molecule has 0 aliphatic carbocycles. The number of alkyl halides is 3. The lowest BCUT2D eigenvalue weighted by atomic mass is 9.97. The molecule has 0 saturated carbocycles. The Hall–Kier alpha value is -0.560. The molecule has 0 N–H and O–H groups in total. The van der Waals surface area contributed by atoms with Crippen LogP contribution in [0.4, 0.5) is 18.3 Å². The summed E-state index contributed by atoms with van der Waals surface area (Å²) in [4.78, 5) is 6.06. The van der Waals surface area contributed by atoms with Crippen molar-refractivity contribution in [2.24, 2.45) is 5.92 Å². The molecule has 8 heteroatoms. The molecule has 1 aliphatic heterocycles. The molecule has 2 rings (SSSR count). The Kier molecular flexibility index (Phi) is 4.60. The largest absolute Gasteiger partial charge is 0.391 e. The number of piperidine rings is 1. The first-order chi connectivity index (χ1) is 7.47. The fraction of sp³-hybridized carbons (Fsp3) is 0.778. The molecule has 0 radical (unpaired) electrons. The van der Waals surface area contributed by atoms with Crippen LogP contribution < -0.4 is 4.90 Å². The van der Waals surface area contributed by atoms with Gasteiger partial charge in [0.15, 0.2) is 0 Å². The third-order valence-electron chi connectivity index (χ3n) is 2.75. The van der Waals surface area contributed by atoms with E-state index in [0.29, 0.717) is 18.9 Å². The molecule has 1 aliphatic rings. The van der Waals surface area contributed by atoms with E-state index in [1.807, 2.05) is 4.90 Å². The van der Waals surface area contributed by atoms with Crippen LogP contribution in [0.1, 0.15) is 18.7 Å². The first kappa shape index (κ1) is 14.5. The molecule has 0 spiro atoms. The average molecular weight is 288 g/mol. The Balaban J connectivity index is 0.00000144. The number of nitrogens with zero attached hydrogens (tertiary/aromatic N) is 3. The van der Waals surface area contributed by atoms with E-state index in [9.17, 15) is 13.2 Å². The van der Waals surface area contributed by atoms with Crippen LogP contribution in [0.2, 0.25) is 0 Å². The minimum absolute atomic E-state index is 0. The van der Waals surface area contributed by atoms with Gasteiger partial charge in [-0.25, -0.2) is 4.98 Å². The average Bonchev–Trinajstić information content (AvgIpc) is 2.64. The van der Waals surface area contributed by atoms with Gasteiger partial charge in [-0.05, 0) is 19.8 Å². The highest BCUT2D eigenvalue weighted by Gasteiger charge is 2.41. The van der Waals surface area contributed by atoms with Gasteiger partial charge in [0.25, 0.3) is 0 Å². The Bertz CT molecular complexity index is 361. The standard InChI is InChI=1S/C9H12F3N3S.ClH/c1-6-13-8(16-14-6)15-4-2-7(3-5-15)9(10,11)12;/h7H,2-5H2,1H3;1H. The zero-order chi connectivity index (χ0) is 11.8. The van der Waals surface area contributed by atoms with Crippen molar-refractivity contribution in [2.75, 3.05) is 18.0 Å².